The number of methoxy groups -OCH3 is 1. The first-order valence-corrected chi connectivity index (χ1v) is 6.65. The van der Waals surface area contributed by atoms with Crippen LogP contribution in [0, 0.1) is 6.92 Å². The van der Waals surface area contributed by atoms with Gasteiger partial charge in [0.25, 0.3) is 0 Å². The number of thiophene rings is 1. The van der Waals surface area contributed by atoms with Crippen molar-refractivity contribution >= 4 is 23.1 Å². The van der Waals surface area contributed by atoms with Gasteiger partial charge in [0.1, 0.15) is 0 Å². The molecule has 0 spiro atoms. The molecule has 6 heteroatoms. The van der Waals surface area contributed by atoms with Crippen LogP contribution in [0.25, 0.3) is 0 Å². The van der Waals surface area contributed by atoms with E-state index in [9.17, 15) is 4.79 Å². The number of hydrogen-bond acceptors (Lipinski definition) is 4. The third-order valence-electron chi connectivity index (χ3n) is 2.58. The average Bonchev–Trinajstić information content (AvgIpc) is 2.83. The highest BCUT2D eigenvalue weighted by Gasteiger charge is 2.04. The summed E-state index contributed by atoms with van der Waals surface area (Å²) in [6.07, 6.45) is 1.55. The van der Waals surface area contributed by atoms with Gasteiger partial charge >= 0.3 is 6.03 Å². The minimum Gasteiger partial charge on any atom is -0.481 e. The smallest absolute Gasteiger partial charge is 0.319 e. The number of ether oxygens (including phenoxy) is 1. The molecule has 0 fully saturated rings. The van der Waals surface area contributed by atoms with Crippen LogP contribution in [0.2, 0.25) is 0 Å². The Kier molecular flexibility index (Phi) is 4.35. The summed E-state index contributed by atoms with van der Waals surface area (Å²) in [5.74, 6) is 0.514. The summed E-state index contributed by atoms with van der Waals surface area (Å²) >= 11 is 1.63. The first-order chi connectivity index (χ1) is 9.19. The Morgan fingerprint density at radius 2 is 2.26 bits per heavy atom. The molecule has 0 saturated carbocycles. The van der Waals surface area contributed by atoms with Crippen molar-refractivity contribution in [1.82, 2.24) is 10.3 Å². The zero-order valence-electron chi connectivity index (χ0n) is 10.8. The van der Waals surface area contributed by atoms with Gasteiger partial charge in [0, 0.05) is 10.9 Å². The largest absolute Gasteiger partial charge is 0.481 e. The van der Waals surface area contributed by atoms with Crippen LogP contribution in [0.15, 0.2) is 29.8 Å². The Balaban J connectivity index is 1.85. The zero-order valence-corrected chi connectivity index (χ0v) is 11.6. The Bertz CT molecular complexity index is 551. The van der Waals surface area contributed by atoms with E-state index >= 15 is 0 Å². The minimum absolute atomic E-state index is 0.250. The van der Waals surface area contributed by atoms with Gasteiger partial charge in [-0.15, -0.1) is 11.3 Å². The van der Waals surface area contributed by atoms with Gasteiger partial charge in [-0.05, 0) is 30.0 Å². The van der Waals surface area contributed by atoms with Crippen molar-refractivity contribution in [1.29, 1.82) is 0 Å². The molecule has 2 N–H and O–H groups in total. The van der Waals surface area contributed by atoms with Crippen molar-refractivity contribution in [2.24, 2.45) is 0 Å². The number of nitrogens with one attached hydrogen (secondary N) is 2. The molecule has 0 radical (unpaired) electrons. The van der Waals surface area contributed by atoms with Crippen LogP contribution in [0.3, 0.4) is 0 Å². The zero-order chi connectivity index (χ0) is 13.7. The molecule has 2 aromatic heterocycles. The molecule has 0 saturated heterocycles. The van der Waals surface area contributed by atoms with E-state index in [0.29, 0.717) is 18.1 Å². The lowest BCUT2D eigenvalue weighted by atomic mass is 10.3. The molecule has 2 rings (SSSR count). The number of aryl methyl sites for hydroxylation is 1. The van der Waals surface area contributed by atoms with E-state index in [1.165, 1.54) is 5.56 Å². The molecule has 19 heavy (non-hydrogen) atoms. The standard InChI is InChI=1S/C13H15N3O2S/c1-9-5-6-19-11(9)8-15-13(17)16-10-3-4-12(18-2)14-7-10/h3-7H,8H2,1-2H3,(H2,15,16,17). The van der Waals surface area contributed by atoms with Gasteiger partial charge in [0.05, 0.1) is 25.5 Å². The van der Waals surface area contributed by atoms with Crippen molar-refractivity contribution in [2.75, 3.05) is 12.4 Å². The van der Waals surface area contributed by atoms with Crippen LogP contribution >= 0.6 is 11.3 Å². The maximum Gasteiger partial charge on any atom is 0.319 e. The molecule has 5 nitrogen and oxygen atoms in total. The summed E-state index contributed by atoms with van der Waals surface area (Å²) < 4.78 is 4.95. The van der Waals surface area contributed by atoms with Crippen LogP contribution in [0.5, 0.6) is 5.88 Å². The average molecular weight is 277 g/mol. The fraction of sp³-hybridized carbons (Fsp3) is 0.231. The highest BCUT2D eigenvalue weighted by atomic mass is 32.1. The van der Waals surface area contributed by atoms with Crippen molar-refractivity contribution in [3.05, 3.63) is 40.2 Å². The number of amides is 2. The number of nitrogens with zero attached hydrogens (tertiary/aromatic N) is 1. The molecular weight excluding hydrogens is 262 g/mol. The second-order valence-corrected chi connectivity index (χ2v) is 4.92. The second kappa shape index (κ2) is 6.19. The SMILES string of the molecule is COc1ccc(NC(=O)NCc2sccc2C)cn1. The van der Waals surface area contributed by atoms with Gasteiger partial charge in [0.2, 0.25) is 5.88 Å². The summed E-state index contributed by atoms with van der Waals surface area (Å²) in [5, 5.41) is 7.53. The Labute approximate surface area is 115 Å². The van der Waals surface area contributed by atoms with Crippen molar-refractivity contribution in [2.45, 2.75) is 13.5 Å². The van der Waals surface area contributed by atoms with Gasteiger partial charge in [-0.25, -0.2) is 9.78 Å². The molecule has 0 atom stereocenters. The number of hydrogen-bond donors (Lipinski definition) is 2. The lowest BCUT2D eigenvalue weighted by Crippen LogP contribution is -2.28. The first-order valence-electron chi connectivity index (χ1n) is 5.77. The van der Waals surface area contributed by atoms with Crippen molar-refractivity contribution < 1.29 is 9.53 Å². The summed E-state index contributed by atoms with van der Waals surface area (Å²) in [6, 6.07) is 5.22. The Morgan fingerprint density at radius 3 is 2.84 bits per heavy atom. The number of anilines is 1. The predicted octanol–water partition coefficient (Wildman–Crippen LogP) is 2.78. The topological polar surface area (TPSA) is 63.2 Å². The van der Waals surface area contributed by atoms with E-state index in [1.54, 1.807) is 36.8 Å². The Hall–Kier alpha value is -2.08. The summed E-state index contributed by atoms with van der Waals surface area (Å²) in [5.41, 5.74) is 1.82. The van der Waals surface area contributed by atoms with E-state index in [4.69, 9.17) is 4.74 Å². The lowest BCUT2D eigenvalue weighted by Gasteiger charge is -2.07. The van der Waals surface area contributed by atoms with Crippen LogP contribution in [0.1, 0.15) is 10.4 Å². The summed E-state index contributed by atoms with van der Waals surface area (Å²) in [6.45, 7) is 2.55. The highest BCUT2D eigenvalue weighted by molar-refractivity contribution is 7.10. The lowest BCUT2D eigenvalue weighted by molar-refractivity contribution is 0.252. The van der Waals surface area contributed by atoms with Gasteiger partial charge in [-0.3, -0.25) is 0 Å². The van der Waals surface area contributed by atoms with E-state index in [-0.39, 0.29) is 6.03 Å². The molecule has 100 valence electrons. The molecule has 2 heterocycles. The maximum absolute atomic E-state index is 11.7. The normalized spacial score (nSPS) is 10.0. The number of pyridine rings is 1. The molecule has 0 bridgehead atoms. The third-order valence-corrected chi connectivity index (χ3v) is 3.60. The predicted molar refractivity (Wildman–Crippen MR) is 75.7 cm³/mol. The number of aromatic nitrogens is 1. The number of urea groups is 1. The van der Waals surface area contributed by atoms with E-state index in [2.05, 4.69) is 15.6 Å². The molecule has 0 aliphatic heterocycles. The van der Waals surface area contributed by atoms with Gasteiger partial charge in [0.15, 0.2) is 0 Å². The van der Waals surface area contributed by atoms with Crippen LogP contribution < -0.4 is 15.4 Å². The highest BCUT2D eigenvalue weighted by Crippen LogP contribution is 2.15. The van der Waals surface area contributed by atoms with Gasteiger partial charge in [-0.2, -0.15) is 0 Å². The quantitative estimate of drug-likeness (QED) is 0.903. The fourth-order valence-electron chi connectivity index (χ4n) is 1.50. The summed E-state index contributed by atoms with van der Waals surface area (Å²) in [4.78, 5) is 16.9. The van der Waals surface area contributed by atoms with E-state index in [0.717, 1.165) is 4.88 Å². The number of carbonyl (C=O) groups excluding carboxylic acids is 1. The van der Waals surface area contributed by atoms with Crippen molar-refractivity contribution in [3.63, 3.8) is 0 Å². The molecule has 0 aliphatic carbocycles. The van der Waals surface area contributed by atoms with E-state index < -0.39 is 0 Å². The van der Waals surface area contributed by atoms with Gasteiger partial charge < -0.3 is 15.4 Å². The molecule has 2 aromatic rings. The third kappa shape index (κ3) is 3.69. The van der Waals surface area contributed by atoms with E-state index in [1.807, 2.05) is 18.4 Å². The number of rotatable bonds is 4. The minimum atomic E-state index is -0.250. The maximum atomic E-state index is 11.7. The molecule has 0 aromatic carbocycles. The number of carbonyl (C=O) groups is 1. The molecular formula is C13H15N3O2S. The molecule has 0 unspecified atom stereocenters. The molecule has 2 amide bonds. The monoisotopic (exact) mass is 277 g/mol. The molecule has 0 aliphatic rings. The van der Waals surface area contributed by atoms with Gasteiger partial charge in [-0.1, -0.05) is 0 Å². The first kappa shape index (κ1) is 13.4. The van der Waals surface area contributed by atoms with Crippen LogP contribution in [-0.4, -0.2) is 18.1 Å². The second-order valence-electron chi connectivity index (χ2n) is 3.92. The van der Waals surface area contributed by atoms with Crippen LogP contribution in [-0.2, 0) is 6.54 Å². The summed E-state index contributed by atoms with van der Waals surface area (Å²) in [7, 11) is 1.55. The van der Waals surface area contributed by atoms with Crippen LogP contribution in [0.4, 0.5) is 10.5 Å². The Morgan fingerprint density at radius 1 is 1.42 bits per heavy atom. The fourth-order valence-corrected chi connectivity index (χ4v) is 2.34. The van der Waals surface area contributed by atoms with Crippen molar-refractivity contribution in [3.8, 4) is 5.88 Å².